The lowest BCUT2D eigenvalue weighted by Gasteiger charge is -2.21. The molecule has 1 aliphatic rings. The maximum Gasteiger partial charge on any atom is 0.264 e. The minimum Gasteiger partial charge on any atom is -0.340 e. The molecular weight excluding hydrogens is 350 g/mol. The number of hydrogen-bond donors (Lipinski definition) is 0. The molecule has 3 aromatic heterocycles. The number of anilines is 1. The average molecular weight is 372 g/mol. The van der Waals surface area contributed by atoms with Gasteiger partial charge in [0.15, 0.2) is 0 Å². The summed E-state index contributed by atoms with van der Waals surface area (Å²) in [7, 11) is 2.00. The van der Waals surface area contributed by atoms with E-state index in [2.05, 4.69) is 29.0 Å². The van der Waals surface area contributed by atoms with Gasteiger partial charge in [0.05, 0.1) is 11.9 Å². The molecule has 0 saturated carbocycles. The predicted octanol–water partition coefficient (Wildman–Crippen LogP) is 4.22. The van der Waals surface area contributed by atoms with Gasteiger partial charge in [-0.3, -0.25) is 9.36 Å². The highest BCUT2D eigenvalue weighted by Crippen LogP contribution is 2.34. The normalized spacial score (nSPS) is 13.8. The lowest BCUT2D eigenvalue weighted by Crippen LogP contribution is -2.30. The Labute approximate surface area is 155 Å². The summed E-state index contributed by atoms with van der Waals surface area (Å²) in [5, 5.41) is 2.92. The number of nitrogens with zero attached hydrogens (tertiary/aromatic N) is 3. The molecule has 0 unspecified atom stereocenters. The monoisotopic (exact) mass is 371 g/mol. The van der Waals surface area contributed by atoms with Crippen molar-refractivity contribution < 1.29 is 0 Å². The summed E-state index contributed by atoms with van der Waals surface area (Å²) < 4.78 is 1.77. The zero-order valence-corrected chi connectivity index (χ0v) is 16.0. The van der Waals surface area contributed by atoms with Gasteiger partial charge in [-0.05, 0) is 42.7 Å². The molecular formula is C19H21N3OS2. The Bertz CT molecular complexity index is 969. The van der Waals surface area contributed by atoms with Crippen LogP contribution in [0.15, 0.2) is 35.0 Å². The van der Waals surface area contributed by atoms with Crippen molar-refractivity contribution in [1.82, 2.24) is 9.55 Å². The molecule has 6 heteroatoms. The second-order valence-corrected chi connectivity index (χ2v) is 8.56. The van der Waals surface area contributed by atoms with Crippen LogP contribution in [-0.2, 0) is 25.9 Å². The highest BCUT2D eigenvalue weighted by Gasteiger charge is 2.23. The van der Waals surface area contributed by atoms with Crippen LogP contribution >= 0.6 is 22.7 Å². The molecule has 0 radical (unpaired) electrons. The fraction of sp³-hybridized carbons (Fsp3) is 0.368. The third-order valence-corrected chi connectivity index (χ3v) is 6.73. The van der Waals surface area contributed by atoms with E-state index in [1.165, 1.54) is 28.2 Å². The van der Waals surface area contributed by atoms with Gasteiger partial charge in [0.1, 0.15) is 4.83 Å². The Morgan fingerprint density at radius 3 is 3.00 bits per heavy atom. The van der Waals surface area contributed by atoms with E-state index in [1.54, 1.807) is 33.3 Å². The van der Waals surface area contributed by atoms with Crippen molar-refractivity contribution in [3.05, 3.63) is 55.8 Å². The maximum absolute atomic E-state index is 13.2. The summed E-state index contributed by atoms with van der Waals surface area (Å²) >= 11 is 3.43. The summed E-state index contributed by atoms with van der Waals surface area (Å²) in [4.78, 5) is 23.7. The first-order chi connectivity index (χ1) is 12.2. The fourth-order valence-corrected chi connectivity index (χ4v) is 5.52. The Balaban J connectivity index is 1.86. The van der Waals surface area contributed by atoms with Gasteiger partial charge in [0.25, 0.3) is 5.56 Å². The second-order valence-electron chi connectivity index (χ2n) is 6.44. The van der Waals surface area contributed by atoms with E-state index >= 15 is 0 Å². The van der Waals surface area contributed by atoms with Gasteiger partial charge in [0, 0.05) is 23.3 Å². The van der Waals surface area contributed by atoms with Crippen LogP contribution in [-0.4, -0.2) is 16.6 Å². The van der Waals surface area contributed by atoms with Crippen molar-refractivity contribution in [2.75, 3.05) is 11.9 Å². The molecule has 0 saturated heterocycles. The van der Waals surface area contributed by atoms with Crippen LogP contribution in [0.25, 0.3) is 10.2 Å². The summed E-state index contributed by atoms with van der Waals surface area (Å²) in [5.41, 5.74) is 1.33. The Morgan fingerprint density at radius 1 is 1.40 bits per heavy atom. The number of hydrogen-bond acceptors (Lipinski definition) is 5. The molecule has 130 valence electrons. The maximum atomic E-state index is 13.2. The van der Waals surface area contributed by atoms with Crippen LogP contribution in [0.1, 0.15) is 28.2 Å². The topological polar surface area (TPSA) is 38.1 Å². The van der Waals surface area contributed by atoms with Crippen molar-refractivity contribution in [1.29, 1.82) is 0 Å². The van der Waals surface area contributed by atoms with Crippen LogP contribution in [0.3, 0.4) is 0 Å². The molecule has 0 spiro atoms. The second kappa shape index (κ2) is 6.77. The molecule has 3 heterocycles. The van der Waals surface area contributed by atoms with E-state index in [0.29, 0.717) is 6.54 Å². The highest BCUT2D eigenvalue weighted by molar-refractivity contribution is 7.18. The highest BCUT2D eigenvalue weighted by atomic mass is 32.1. The standard InChI is InChI=1S/C19H21N3OS2/c1-3-10-22-18(23)16-14-8-4-5-9-15(14)25-17(16)20-19(22)21(2)12-13-7-6-11-24-13/h3,6-7,11H,1,4-5,8-10,12H2,2H3. The van der Waals surface area contributed by atoms with E-state index in [1.807, 2.05) is 7.05 Å². The zero-order chi connectivity index (χ0) is 17.4. The average Bonchev–Trinajstić information content (AvgIpc) is 3.24. The van der Waals surface area contributed by atoms with E-state index in [9.17, 15) is 4.79 Å². The molecule has 0 fully saturated rings. The van der Waals surface area contributed by atoms with Crippen molar-refractivity contribution in [3.8, 4) is 0 Å². The van der Waals surface area contributed by atoms with E-state index < -0.39 is 0 Å². The molecule has 0 amide bonds. The van der Waals surface area contributed by atoms with Gasteiger partial charge < -0.3 is 4.90 Å². The lowest BCUT2D eigenvalue weighted by atomic mass is 9.97. The number of rotatable bonds is 5. The Hall–Kier alpha value is -1.92. The molecule has 0 atom stereocenters. The molecule has 0 aromatic carbocycles. The van der Waals surface area contributed by atoms with Gasteiger partial charge in [-0.2, -0.15) is 0 Å². The summed E-state index contributed by atoms with van der Waals surface area (Å²) in [5.74, 6) is 0.726. The number of aromatic nitrogens is 2. The number of aryl methyl sites for hydroxylation is 2. The third kappa shape index (κ3) is 2.93. The Morgan fingerprint density at radius 2 is 2.24 bits per heavy atom. The molecule has 0 aliphatic heterocycles. The van der Waals surface area contributed by atoms with Crippen LogP contribution in [0.2, 0.25) is 0 Å². The minimum absolute atomic E-state index is 0.0809. The predicted molar refractivity (Wildman–Crippen MR) is 107 cm³/mol. The van der Waals surface area contributed by atoms with Crippen LogP contribution in [0.4, 0.5) is 5.95 Å². The first-order valence-electron chi connectivity index (χ1n) is 8.58. The van der Waals surface area contributed by atoms with Gasteiger partial charge in [0.2, 0.25) is 5.95 Å². The quantitative estimate of drug-likeness (QED) is 0.630. The molecule has 0 bridgehead atoms. The smallest absolute Gasteiger partial charge is 0.264 e. The first-order valence-corrected chi connectivity index (χ1v) is 10.3. The number of thiophene rings is 2. The van der Waals surface area contributed by atoms with Gasteiger partial charge in [-0.25, -0.2) is 4.98 Å². The molecule has 1 aliphatic carbocycles. The van der Waals surface area contributed by atoms with E-state index in [-0.39, 0.29) is 5.56 Å². The number of fused-ring (bicyclic) bond motifs is 3. The number of allylic oxidation sites excluding steroid dienone is 1. The van der Waals surface area contributed by atoms with Gasteiger partial charge in [-0.1, -0.05) is 12.1 Å². The van der Waals surface area contributed by atoms with Crippen LogP contribution in [0, 0.1) is 0 Å². The molecule has 4 nitrogen and oxygen atoms in total. The van der Waals surface area contributed by atoms with Crippen molar-refractivity contribution in [2.45, 2.75) is 38.8 Å². The van der Waals surface area contributed by atoms with Crippen molar-refractivity contribution >= 4 is 38.8 Å². The summed E-state index contributed by atoms with van der Waals surface area (Å²) in [6.07, 6.45) is 6.24. The first kappa shape index (κ1) is 16.5. The van der Waals surface area contributed by atoms with Crippen LogP contribution < -0.4 is 10.5 Å². The molecule has 0 N–H and O–H groups in total. The molecule has 25 heavy (non-hydrogen) atoms. The SMILES string of the molecule is C=CCn1c(N(C)Cc2cccs2)nc2sc3c(c2c1=O)CCCC3. The Kier molecular flexibility index (Phi) is 4.48. The van der Waals surface area contributed by atoms with E-state index in [4.69, 9.17) is 4.98 Å². The molecule has 3 aromatic rings. The minimum atomic E-state index is 0.0809. The van der Waals surface area contributed by atoms with Gasteiger partial charge in [-0.15, -0.1) is 29.3 Å². The third-order valence-electron chi connectivity index (χ3n) is 4.68. The largest absolute Gasteiger partial charge is 0.340 e. The van der Waals surface area contributed by atoms with Crippen molar-refractivity contribution in [3.63, 3.8) is 0 Å². The van der Waals surface area contributed by atoms with Crippen molar-refractivity contribution in [2.24, 2.45) is 0 Å². The van der Waals surface area contributed by atoms with Gasteiger partial charge >= 0.3 is 0 Å². The van der Waals surface area contributed by atoms with Crippen LogP contribution in [0.5, 0.6) is 0 Å². The molecule has 4 rings (SSSR count). The summed E-state index contributed by atoms with van der Waals surface area (Å²) in [6.45, 7) is 5.06. The zero-order valence-electron chi connectivity index (χ0n) is 14.3. The fourth-order valence-electron chi connectivity index (χ4n) is 3.52. The van der Waals surface area contributed by atoms with E-state index in [0.717, 1.165) is 35.6 Å². The lowest BCUT2D eigenvalue weighted by molar-refractivity contribution is 0.696. The summed E-state index contributed by atoms with van der Waals surface area (Å²) in [6, 6.07) is 4.16.